The third-order valence-corrected chi connectivity index (χ3v) is 2.66. The summed E-state index contributed by atoms with van der Waals surface area (Å²) in [6, 6.07) is 7.84. The highest BCUT2D eigenvalue weighted by Crippen LogP contribution is 2.21. The lowest BCUT2D eigenvalue weighted by molar-refractivity contribution is 0.500. The van der Waals surface area contributed by atoms with Crippen molar-refractivity contribution in [3.05, 3.63) is 64.4 Å². The highest BCUT2D eigenvalue weighted by Gasteiger charge is 2.08. The van der Waals surface area contributed by atoms with E-state index < -0.39 is 17.5 Å². The second-order valence-electron chi connectivity index (χ2n) is 3.69. The Morgan fingerprint density at radius 3 is 2.56 bits per heavy atom. The topological polar surface area (TPSA) is 12.0 Å². The number of anilines is 1. The van der Waals surface area contributed by atoms with E-state index in [1.165, 1.54) is 30.3 Å². The van der Waals surface area contributed by atoms with E-state index >= 15 is 0 Å². The Labute approximate surface area is 107 Å². The van der Waals surface area contributed by atoms with Gasteiger partial charge in [-0.25, -0.2) is 13.2 Å². The van der Waals surface area contributed by atoms with Crippen LogP contribution < -0.4 is 5.32 Å². The molecular weight excluding hydrogens is 263 g/mol. The molecule has 0 aromatic heterocycles. The fourth-order valence-electron chi connectivity index (χ4n) is 1.51. The third kappa shape index (κ3) is 2.76. The molecule has 0 saturated carbocycles. The molecule has 0 unspecified atom stereocenters. The zero-order valence-electron chi connectivity index (χ0n) is 9.18. The van der Waals surface area contributed by atoms with Gasteiger partial charge in [-0.2, -0.15) is 0 Å². The molecule has 1 N–H and O–H groups in total. The third-order valence-electron chi connectivity index (χ3n) is 2.43. The minimum Gasteiger partial charge on any atom is -0.378 e. The smallest absolute Gasteiger partial charge is 0.163 e. The predicted octanol–water partition coefficient (Wildman–Crippen LogP) is 4.37. The van der Waals surface area contributed by atoms with Crippen molar-refractivity contribution in [1.82, 2.24) is 0 Å². The summed E-state index contributed by atoms with van der Waals surface area (Å²) >= 11 is 5.71. The average molecular weight is 272 g/mol. The van der Waals surface area contributed by atoms with Gasteiger partial charge in [-0.3, -0.25) is 0 Å². The number of benzene rings is 2. The molecule has 0 aliphatic heterocycles. The fourth-order valence-corrected chi connectivity index (χ4v) is 1.68. The largest absolute Gasteiger partial charge is 0.378 e. The van der Waals surface area contributed by atoms with Crippen LogP contribution in [0.25, 0.3) is 0 Å². The van der Waals surface area contributed by atoms with Gasteiger partial charge in [0.1, 0.15) is 5.82 Å². The average Bonchev–Trinajstić information content (AvgIpc) is 2.35. The second kappa shape index (κ2) is 5.31. The van der Waals surface area contributed by atoms with Crippen molar-refractivity contribution in [3.8, 4) is 0 Å². The molecule has 0 bridgehead atoms. The minimum atomic E-state index is -0.938. The molecule has 1 nitrogen and oxygen atoms in total. The summed E-state index contributed by atoms with van der Waals surface area (Å²) in [5, 5.41) is 3.03. The molecule has 2 rings (SSSR count). The Morgan fingerprint density at radius 1 is 1.00 bits per heavy atom. The van der Waals surface area contributed by atoms with Crippen LogP contribution in [0.4, 0.5) is 18.9 Å². The SMILES string of the molecule is Fc1ccc(Cl)cc1NCc1cccc(F)c1F. The van der Waals surface area contributed by atoms with Gasteiger partial charge in [-0.05, 0) is 24.3 Å². The standard InChI is InChI=1S/C13H9ClF3N/c14-9-4-5-10(15)12(6-9)18-7-8-2-1-3-11(16)13(8)17/h1-6,18H,7H2. The number of hydrogen-bond acceptors (Lipinski definition) is 1. The molecule has 94 valence electrons. The maximum atomic E-state index is 13.4. The Kier molecular flexibility index (Phi) is 3.77. The quantitative estimate of drug-likeness (QED) is 0.874. The number of nitrogens with one attached hydrogen (secondary N) is 1. The van der Waals surface area contributed by atoms with Crippen LogP contribution >= 0.6 is 11.6 Å². The van der Waals surface area contributed by atoms with Crippen molar-refractivity contribution in [2.45, 2.75) is 6.54 Å². The molecule has 0 amide bonds. The zero-order chi connectivity index (χ0) is 13.1. The number of halogens is 4. The van der Waals surface area contributed by atoms with Gasteiger partial charge >= 0.3 is 0 Å². The molecule has 2 aromatic carbocycles. The summed E-state index contributed by atoms with van der Waals surface area (Å²) < 4.78 is 39.7. The van der Waals surface area contributed by atoms with Crippen molar-refractivity contribution in [1.29, 1.82) is 0 Å². The predicted molar refractivity (Wildman–Crippen MR) is 65.1 cm³/mol. The molecule has 2 aromatic rings. The second-order valence-corrected chi connectivity index (χ2v) is 4.13. The van der Waals surface area contributed by atoms with Crippen LogP contribution in [0, 0.1) is 17.5 Å². The van der Waals surface area contributed by atoms with Gasteiger partial charge in [0.15, 0.2) is 11.6 Å². The molecule has 0 aliphatic carbocycles. The number of rotatable bonds is 3. The lowest BCUT2D eigenvalue weighted by atomic mass is 10.2. The first-order valence-electron chi connectivity index (χ1n) is 5.20. The fraction of sp³-hybridized carbons (Fsp3) is 0.0769. The monoisotopic (exact) mass is 271 g/mol. The molecule has 0 saturated heterocycles. The van der Waals surface area contributed by atoms with Crippen LogP contribution in [-0.2, 0) is 6.54 Å². The zero-order valence-corrected chi connectivity index (χ0v) is 9.94. The molecule has 18 heavy (non-hydrogen) atoms. The van der Waals surface area contributed by atoms with Gasteiger partial charge in [0.25, 0.3) is 0 Å². The first kappa shape index (κ1) is 12.8. The molecule has 5 heteroatoms. The van der Waals surface area contributed by atoms with E-state index in [4.69, 9.17) is 11.6 Å². The summed E-state index contributed by atoms with van der Waals surface area (Å²) in [5.74, 6) is -2.37. The van der Waals surface area contributed by atoms with Gasteiger partial charge in [0.05, 0.1) is 5.69 Å². The van der Waals surface area contributed by atoms with E-state index in [-0.39, 0.29) is 17.8 Å². The van der Waals surface area contributed by atoms with Gasteiger partial charge in [0, 0.05) is 17.1 Å². The molecule has 0 aliphatic rings. The molecule has 0 spiro atoms. The summed E-state index contributed by atoms with van der Waals surface area (Å²) in [4.78, 5) is 0. The Balaban J connectivity index is 2.16. The van der Waals surface area contributed by atoms with Crippen LogP contribution in [0.2, 0.25) is 5.02 Å². The van der Waals surface area contributed by atoms with E-state index in [0.717, 1.165) is 6.07 Å². The molecular formula is C13H9ClF3N. The first-order chi connectivity index (χ1) is 8.58. The van der Waals surface area contributed by atoms with Crippen molar-refractivity contribution < 1.29 is 13.2 Å². The molecule has 0 heterocycles. The summed E-state index contributed by atoms with van der Waals surface area (Å²) in [6.07, 6.45) is 0. The maximum absolute atomic E-state index is 13.4. The van der Waals surface area contributed by atoms with Crippen LogP contribution in [0.15, 0.2) is 36.4 Å². The lowest BCUT2D eigenvalue weighted by Crippen LogP contribution is -2.04. The summed E-state index contributed by atoms with van der Waals surface area (Å²) in [6.45, 7) is -0.0269. The maximum Gasteiger partial charge on any atom is 0.163 e. The van der Waals surface area contributed by atoms with Gasteiger partial charge < -0.3 is 5.32 Å². The van der Waals surface area contributed by atoms with Crippen molar-refractivity contribution in [2.24, 2.45) is 0 Å². The highest BCUT2D eigenvalue weighted by molar-refractivity contribution is 6.30. The van der Waals surface area contributed by atoms with Crippen LogP contribution in [0.3, 0.4) is 0 Å². The highest BCUT2D eigenvalue weighted by atomic mass is 35.5. The van der Waals surface area contributed by atoms with Gasteiger partial charge in [-0.1, -0.05) is 23.7 Å². The lowest BCUT2D eigenvalue weighted by Gasteiger charge is -2.09. The Bertz CT molecular complexity index is 570. The van der Waals surface area contributed by atoms with Crippen LogP contribution in [-0.4, -0.2) is 0 Å². The van der Waals surface area contributed by atoms with E-state index in [1.54, 1.807) is 0 Å². The normalized spacial score (nSPS) is 10.4. The summed E-state index contributed by atoms with van der Waals surface area (Å²) in [7, 11) is 0. The van der Waals surface area contributed by atoms with Crippen LogP contribution in [0.1, 0.15) is 5.56 Å². The van der Waals surface area contributed by atoms with E-state index in [0.29, 0.717) is 5.02 Å². The minimum absolute atomic E-state index is 0.0269. The van der Waals surface area contributed by atoms with Crippen molar-refractivity contribution >= 4 is 17.3 Å². The summed E-state index contributed by atoms with van der Waals surface area (Å²) in [5.41, 5.74) is 0.264. The first-order valence-corrected chi connectivity index (χ1v) is 5.57. The van der Waals surface area contributed by atoms with E-state index in [2.05, 4.69) is 5.32 Å². The van der Waals surface area contributed by atoms with Crippen molar-refractivity contribution in [2.75, 3.05) is 5.32 Å². The number of hydrogen-bond donors (Lipinski definition) is 1. The molecule has 0 radical (unpaired) electrons. The van der Waals surface area contributed by atoms with Gasteiger partial charge in [-0.15, -0.1) is 0 Å². The Hall–Kier alpha value is -1.68. The van der Waals surface area contributed by atoms with Crippen molar-refractivity contribution in [3.63, 3.8) is 0 Å². The van der Waals surface area contributed by atoms with E-state index in [9.17, 15) is 13.2 Å². The van der Waals surface area contributed by atoms with Gasteiger partial charge in [0.2, 0.25) is 0 Å². The molecule has 0 fully saturated rings. The Morgan fingerprint density at radius 2 is 1.78 bits per heavy atom. The van der Waals surface area contributed by atoms with Crippen LogP contribution in [0.5, 0.6) is 0 Å². The molecule has 0 atom stereocenters. The van der Waals surface area contributed by atoms with E-state index in [1.807, 2.05) is 0 Å².